The van der Waals surface area contributed by atoms with Crippen LogP contribution in [0.5, 0.6) is 5.75 Å². The molecule has 0 spiro atoms. The summed E-state index contributed by atoms with van der Waals surface area (Å²) in [7, 11) is 3.59. The van der Waals surface area contributed by atoms with Crippen molar-refractivity contribution in [3.8, 4) is 5.75 Å². The second-order valence-corrected chi connectivity index (χ2v) is 4.72. The van der Waals surface area contributed by atoms with Crippen LogP contribution >= 0.6 is 0 Å². The van der Waals surface area contributed by atoms with Crippen LogP contribution in [0.25, 0.3) is 0 Å². The molecule has 0 fully saturated rings. The molecule has 0 bridgehead atoms. The molecule has 1 aromatic rings. The molecule has 2 aliphatic rings. The molecule has 0 saturated heterocycles. The third-order valence-electron chi connectivity index (χ3n) is 3.72. The Morgan fingerprint density at radius 1 is 1.41 bits per heavy atom. The van der Waals surface area contributed by atoms with Gasteiger partial charge in [-0.15, -0.1) is 0 Å². The average Bonchev–Trinajstić information content (AvgIpc) is 2.79. The maximum atomic E-state index is 10.3. The van der Waals surface area contributed by atoms with Crippen molar-refractivity contribution < 1.29 is 14.6 Å². The van der Waals surface area contributed by atoms with Gasteiger partial charge in [0.15, 0.2) is 0 Å². The normalized spacial score (nSPS) is 23.4. The lowest BCUT2D eigenvalue weighted by Gasteiger charge is -2.32. The molecule has 17 heavy (non-hydrogen) atoms. The molecule has 0 amide bonds. The van der Waals surface area contributed by atoms with Crippen molar-refractivity contribution in [2.75, 3.05) is 20.7 Å². The highest BCUT2D eigenvalue weighted by Gasteiger charge is 2.30. The smallest absolute Gasteiger partial charge is 0.137 e. The summed E-state index contributed by atoms with van der Waals surface area (Å²) in [6.45, 7) is 2.12. The fourth-order valence-electron chi connectivity index (χ4n) is 2.74. The van der Waals surface area contributed by atoms with Crippen molar-refractivity contribution in [1.82, 2.24) is 4.90 Å². The van der Waals surface area contributed by atoms with Crippen molar-refractivity contribution in [2.24, 2.45) is 0 Å². The minimum atomic E-state index is -0.570. The van der Waals surface area contributed by atoms with Crippen LogP contribution in [-0.2, 0) is 24.4 Å². The average molecular weight is 235 g/mol. The van der Waals surface area contributed by atoms with Crippen LogP contribution in [0.3, 0.4) is 0 Å². The largest absolute Gasteiger partial charge is 0.496 e. The lowest BCUT2D eigenvalue weighted by Crippen LogP contribution is -2.32. The standard InChI is InChI=1S/C13H17NO3/c1-14-4-3-8-5-9-6-17-7-10(9)12(16-2)11(8)13(14)15/h5,13,15H,3-4,6-7H2,1-2H3. The van der Waals surface area contributed by atoms with Gasteiger partial charge < -0.3 is 14.6 Å². The lowest BCUT2D eigenvalue weighted by molar-refractivity contribution is 0.0107. The summed E-state index contributed by atoms with van der Waals surface area (Å²) in [5.41, 5.74) is 4.42. The quantitative estimate of drug-likeness (QED) is 0.794. The van der Waals surface area contributed by atoms with Gasteiger partial charge >= 0.3 is 0 Å². The van der Waals surface area contributed by atoms with Crippen LogP contribution in [0.2, 0.25) is 0 Å². The Labute approximate surface area is 101 Å². The number of likely N-dealkylation sites (N-methyl/N-ethyl adjacent to an activating group) is 1. The van der Waals surface area contributed by atoms with E-state index in [1.54, 1.807) is 7.11 Å². The Morgan fingerprint density at radius 2 is 2.24 bits per heavy atom. The summed E-state index contributed by atoms with van der Waals surface area (Å²) in [6.07, 6.45) is 0.381. The molecule has 0 aliphatic carbocycles. The zero-order valence-electron chi connectivity index (χ0n) is 10.2. The van der Waals surface area contributed by atoms with Crippen LogP contribution in [-0.4, -0.2) is 30.7 Å². The van der Waals surface area contributed by atoms with Crippen LogP contribution in [0, 0.1) is 0 Å². The summed E-state index contributed by atoms with van der Waals surface area (Å²) in [6, 6.07) is 2.16. The van der Waals surface area contributed by atoms with E-state index in [9.17, 15) is 5.11 Å². The van der Waals surface area contributed by atoms with Gasteiger partial charge in [0, 0.05) is 17.7 Å². The molecule has 0 radical (unpaired) electrons. The van der Waals surface area contributed by atoms with Gasteiger partial charge in [0.1, 0.15) is 12.0 Å². The van der Waals surface area contributed by atoms with E-state index in [1.165, 1.54) is 11.1 Å². The summed E-state index contributed by atoms with van der Waals surface area (Å²) in [5, 5.41) is 10.3. The predicted octanol–water partition coefficient (Wildman–Crippen LogP) is 1.20. The first-order valence-electron chi connectivity index (χ1n) is 5.90. The Kier molecular flexibility index (Phi) is 2.58. The van der Waals surface area contributed by atoms with E-state index < -0.39 is 6.23 Å². The van der Waals surface area contributed by atoms with E-state index in [0.29, 0.717) is 13.2 Å². The number of hydrogen-bond donors (Lipinski definition) is 1. The summed E-state index contributed by atoms with van der Waals surface area (Å²) in [5.74, 6) is 0.814. The fourth-order valence-corrected chi connectivity index (χ4v) is 2.74. The molecule has 4 nitrogen and oxygen atoms in total. The molecule has 1 atom stereocenters. The van der Waals surface area contributed by atoms with Crippen molar-refractivity contribution in [3.63, 3.8) is 0 Å². The molecule has 1 N–H and O–H groups in total. The molecular formula is C13H17NO3. The molecular weight excluding hydrogens is 218 g/mol. The number of nitrogens with zero attached hydrogens (tertiary/aromatic N) is 1. The topological polar surface area (TPSA) is 41.9 Å². The van der Waals surface area contributed by atoms with E-state index >= 15 is 0 Å². The van der Waals surface area contributed by atoms with Gasteiger partial charge in [0.05, 0.1) is 20.3 Å². The summed E-state index contributed by atoms with van der Waals surface area (Å²) >= 11 is 0. The van der Waals surface area contributed by atoms with E-state index in [-0.39, 0.29) is 0 Å². The predicted molar refractivity (Wildman–Crippen MR) is 62.8 cm³/mol. The van der Waals surface area contributed by atoms with Gasteiger partial charge in [-0.1, -0.05) is 6.07 Å². The molecule has 2 heterocycles. The second kappa shape index (κ2) is 3.98. The number of ether oxygens (including phenoxy) is 2. The highest BCUT2D eigenvalue weighted by atomic mass is 16.5. The number of methoxy groups -OCH3 is 1. The minimum Gasteiger partial charge on any atom is -0.496 e. The first-order chi connectivity index (χ1) is 8.22. The van der Waals surface area contributed by atoms with Crippen LogP contribution < -0.4 is 4.74 Å². The van der Waals surface area contributed by atoms with Crippen LogP contribution in [0.4, 0.5) is 0 Å². The van der Waals surface area contributed by atoms with E-state index in [1.807, 2.05) is 11.9 Å². The van der Waals surface area contributed by atoms with Crippen LogP contribution in [0.15, 0.2) is 6.07 Å². The van der Waals surface area contributed by atoms with Crippen molar-refractivity contribution in [1.29, 1.82) is 0 Å². The van der Waals surface area contributed by atoms with Crippen molar-refractivity contribution >= 4 is 0 Å². The van der Waals surface area contributed by atoms with Gasteiger partial charge in [-0.25, -0.2) is 0 Å². The Hall–Kier alpha value is -1.10. The molecule has 1 aromatic carbocycles. The first-order valence-corrected chi connectivity index (χ1v) is 5.90. The van der Waals surface area contributed by atoms with Gasteiger partial charge in [-0.2, -0.15) is 0 Å². The number of fused-ring (bicyclic) bond motifs is 2. The third-order valence-corrected chi connectivity index (χ3v) is 3.72. The Morgan fingerprint density at radius 3 is 3.00 bits per heavy atom. The molecule has 4 heteroatoms. The second-order valence-electron chi connectivity index (χ2n) is 4.72. The van der Waals surface area contributed by atoms with Gasteiger partial charge in [0.25, 0.3) is 0 Å². The third kappa shape index (κ3) is 1.56. The maximum absolute atomic E-state index is 10.3. The van der Waals surface area contributed by atoms with E-state index in [2.05, 4.69) is 6.07 Å². The molecule has 0 saturated carbocycles. The number of aliphatic hydroxyl groups excluding tert-OH is 1. The highest BCUT2D eigenvalue weighted by molar-refractivity contribution is 5.53. The zero-order chi connectivity index (χ0) is 12.0. The van der Waals surface area contributed by atoms with Crippen molar-refractivity contribution in [3.05, 3.63) is 28.3 Å². The minimum absolute atomic E-state index is 0.570. The van der Waals surface area contributed by atoms with Gasteiger partial charge in [-0.05, 0) is 24.6 Å². The lowest BCUT2D eigenvalue weighted by atomic mass is 9.92. The Bertz CT molecular complexity index is 458. The van der Waals surface area contributed by atoms with Crippen LogP contribution in [0.1, 0.15) is 28.5 Å². The number of hydrogen-bond acceptors (Lipinski definition) is 4. The number of aliphatic hydroxyl groups is 1. The molecule has 1 unspecified atom stereocenters. The molecule has 3 rings (SSSR count). The summed E-state index contributed by atoms with van der Waals surface area (Å²) in [4.78, 5) is 1.94. The maximum Gasteiger partial charge on any atom is 0.137 e. The molecule has 0 aromatic heterocycles. The zero-order valence-corrected chi connectivity index (χ0v) is 10.2. The monoisotopic (exact) mass is 235 g/mol. The summed E-state index contributed by atoms with van der Waals surface area (Å²) < 4.78 is 11.0. The highest BCUT2D eigenvalue weighted by Crippen LogP contribution is 2.41. The number of benzene rings is 1. The number of rotatable bonds is 1. The molecule has 92 valence electrons. The van der Waals surface area contributed by atoms with Crippen molar-refractivity contribution in [2.45, 2.75) is 25.9 Å². The van der Waals surface area contributed by atoms with E-state index in [4.69, 9.17) is 9.47 Å². The first kappa shape index (κ1) is 11.0. The van der Waals surface area contributed by atoms with E-state index in [0.717, 1.165) is 29.8 Å². The Balaban J connectivity index is 2.20. The van der Waals surface area contributed by atoms with Gasteiger partial charge in [-0.3, -0.25) is 4.90 Å². The van der Waals surface area contributed by atoms with Gasteiger partial charge in [0.2, 0.25) is 0 Å². The fraction of sp³-hybridized carbons (Fsp3) is 0.538. The molecule has 2 aliphatic heterocycles. The SMILES string of the molecule is COc1c2c(cc3c1C(O)N(C)CC3)COC2.